The second kappa shape index (κ2) is 12.4. The lowest BCUT2D eigenvalue weighted by Crippen LogP contribution is -2.36. The van der Waals surface area contributed by atoms with Gasteiger partial charge in [0.25, 0.3) is 0 Å². The lowest BCUT2D eigenvalue weighted by Gasteiger charge is -2.37. The molecule has 41 heavy (non-hydrogen) atoms. The first kappa shape index (κ1) is 29.6. The third-order valence-corrected chi connectivity index (χ3v) is 7.22. The van der Waals surface area contributed by atoms with Gasteiger partial charge in [-0.1, -0.05) is 18.2 Å². The minimum Gasteiger partial charge on any atom is -0.500 e. The van der Waals surface area contributed by atoms with Crippen LogP contribution in [-0.4, -0.2) is 55.3 Å². The number of nitrogens with zero attached hydrogens (tertiary/aromatic N) is 1. The van der Waals surface area contributed by atoms with Gasteiger partial charge in [-0.15, -0.1) is 0 Å². The third-order valence-electron chi connectivity index (χ3n) is 7.22. The number of dihydropyridines is 1. The number of esters is 1. The third kappa shape index (κ3) is 6.04. The molecule has 11 heteroatoms. The normalized spacial score (nSPS) is 18.6. The Labute approximate surface area is 237 Å². The second-order valence-electron chi connectivity index (χ2n) is 10.2. The summed E-state index contributed by atoms with van der Waals surface area (Å²) in [5.74, 6) is -2.23. The summed E-state index contributed by atoms with van der Waals surface area (Å²) in [4.78, 5) is 38.5. The number of ketones is 1. The fraction of sp³-hybridized carbons (Fsp3) is 0.400. The Kier molecular flexibility index (Phi) is 8.97. The zero-order valence-corrected chi connectivity index (χ0v) is 23.7. The summed E-state index contributed by atoms with van der Waals surface area (Å²) in [6, 6.07) is 10.1. The number of methoxy groups -OCH3 is 2. The van der Waals surface area contributed by atoms with Crippen LogP contribution in [0, 0.1) is 10.1 Å². The number of carbonyl (C=O) groups excluding carboxylic acids is 2. The Hall–Kier alpha value is -4.38. The van der Waals surface area contributed by atoms with Gasteiger partial charge in [-0.25, -0.2) is 4.79 Å². The summed E-state index contributed by atoms with van der Waals surface area (Å²) in [7, 11) is 2.84. The SMILES string of the molecule is COc1ccccc1[C@@H]1CC(=O)C2=C(C1)NC(C)=C(C(=O)OCCOC(C)C)[C@@H]2c1cc(OC)c(O)c([N+](=O)[O-])c1. The molecule has 0 radical (unpaired) electrons. The van der Waals surface area contributed by atoms with Crippen molar-refractivity contribution in [2.24, 2.45) is 0 Å². The van der Waals surface area contributed by atoms with Gasteiger partial charge in [-0.2, -0.15) is 0 Å². The summed E-state index contributed by atoms with van der Waals surface area (Å²) in [6.45, 7) is 5.58. The number of aromatic hydroxyl groups is 1. The molecule has 1 aliphatic heterocycles. The molecule has 0 saturated heterocycles. The predicted octanol–water partition coefficient (Wildman–Crippen LogP) is 4.65. The van der Waals surface area contributed by atoms with E-state index in [1.54, 1.807) is 14.0 Å². The maximum atomic E-state index is 13.9. The number of hydrogen-bond donors (Lipinski definition) is 2. The molecule has 2 aromatic carbocycles. The van der Waals surface area contributed by atoms with Gasteiger partial charge in [-0.3, -0.25) is 14.9 Å². The number of ether oxygens (including phenoxy) is 4. The van der Waals surface area contributed by atoms with Crippen LogP contribution in [0.1, 0.15) is 56.6 Å². The smallest absolute Gasteiger partial charge is 0.336 e. The Morgan fingerprint density at radius 1 is 1.12 bits per heavy atom. The number of Topliss-reactive ketones (excluding diaryl/α,β-unsaturated/α-hetero) is 1. The van der Waals surface area contributed by atoms with E-state index in [-0.39, 0.29) is 54.3 Å². The van der Waals surface area contributed by atoms with E-state index >= 15 is 0 Å². The Morgan fingerprint density at radius 3 is 2.49 bits per heavy atom. The molecule has 11 nitrogen and oxygen atoms in total. The summed E-state index contributed by atoms with van der Waals surface area (Å²) in [6.07, 6.45) is 0.530. The molecule has 0 spiro atoms. The molecule has 2 aliphatic rings. The highest BCUT2D eigenvalue weighted by atomic mass is 16.6. The lowest BCUT2D eigenvalue weighted by molar-refractivity contribution is -0.386. The number of carbonyl (C=O) groups is 2. The van der Waals surface area contributed by atoms with Crippen LogP contribution in [0.3, 0.4) is 0 Å². The van der Waals surface area contributed by atoms with Crippen molar-refractivity contribution in [3.8, 4) is 17.2 Å². The van der Waals surface area contributed by atoms with Gasteiger partial charge >= 0.3 is 11.7 Å². The van der Waals surface area contributed by atoms with Crippen molar-refractivity contribution in [2.45, 2.75) is 51.6 Å². The van der Waals surface area contributed by atoms with Crippen molar-refractivity contribution in [3.63, 3.8) is 0 Å². The van der Waals surface area contributed by atoms with E-state index in [0.29, 0.717) is 29.1 Å². The van der Waals surface area contributed by atoms with E-state index in [1.165, 1.54) is 19.2 Å². The molecule has 2 atom stereocenters. The van der Waals surface area contributed by atoms with Crippen LogP contribution in [0.15, 0.2) is 58.9 Å². The van der Waals surface area contributed by atoms with Crippen LogP contribution in [-0.2, 0) is 19.1 Å². The summed E-state index contributed by atoms with van der Waals surface area (Å²) in [5, 5.41) is 25.5. The predicted molar refractivity (Wildman–Crippen MR) is 149 cm³/mol. The van der Waals surface area contributed by atoms with Crippen LogP contribution in [0.2, 0.25) is 0 Å². The molecule has 0 amide bonds. The van der Waals surface area contributed by atoms with Gasteiger partial charge in [0.15, 0.2) is 11.5 Å². The number of nitrogens with one attached hydrogen (secondary N) is 1. The highest BCUT2D eigenvalue weighted by Gasteiger charge is 2.43. The first-order chi connectivity index (χ1) is 19.6. The van der Waals surface area contributed by atoms with Gasteiger partial charge in [0.2, 0.25) is 5.75 Å². The quantitative estimate of drug-likeness (QED) is 0.180. The number of benzene rings is 2. The van der Waals surface area contributed by atoms with E-state index in [2.05, 4.69) is 5.32 Å². The maximum Gasteiger partial charge on any atom is 0.336 e. The van der Waals surface area contributed by atoms with Crippen molar-refractivity contribution >= 4 is 17.4 Å². The highest BCUT2D eigenvalue weighted by molar-refractivity contribution is 6.04. The molecule has 1 heterocycles. The van der Waals surface area contributed by atoms with Crippen LogP contribution < -0.4 is 14.8 Å². The average molecular weight is 567 g/mol. The second-order valence-corrected chi connectivity index (χ2v) is 10.2. The minimum atomic E-state index is -0.996. The minimum absolute atomic E-state index is 0.0186. The molecule has 2 aromatic rings. The molecule has 0 fully saturated rings. The van der Waals surface area contributed by atoms with Crippen molar-refractivity contribution in [3.05, 3.63) is 80.2 Å². The van der Waals surface area contributed by atoms with Gasteiger partial charge in [0, 0.05) is 41.3 Å². The van der Waals surface area contributed by atoms with E-state index in [1.807, 2.05) is 38.1 Å². The summed E-state index contributed by atoms with van der Waals surface area (Å²) < 4.78 is 21.8. The molecule has 0 aromatic heterocycles. The average Bonchev–Trinajstić information content (AvgIpc) is 2.94. The Bertz CT molecular complexity index is 1430. The van der Waals surface area contributed by atoms with Crippen LogP contribution >= 0.6 is 0 Å². The summed E-state index contributed by atoms with van der Waals surface area (Å²) in [5.41, 5.74) is 2.03. The van der Waals surface area contributed by atoms with Gasteiger partial charge in [0.1, 0.15) is 12.4 Å². The van der Waals surface area contributed by atoms with Crippen molar-refractivity contribution in [1.82, 2.24) is 5.32 Å². The fourth-order valence-corrected chi connectivity index (χ4v) is 5.44. The topological polar surface area (TPSA) is 146 Å². The largest absolute Gasteiger partial charge is 0.500 e. The van der Waals surface area contributed by atoms with Crippen molar-refractivity contribution < 1.29 is 38.6 Å². The number of nitro groups is 1. The Balaban J connectivity index is 1.82. The van der Waals surface area contributed by atoms with Crippen molar-refractivity contribution in [2.75, 3.05) is 27.4 Å². The van der Waals surface area contributed by atoms with Crippen LogP contribution in [0.5, 0.6) is 17.2 Å². The molecule has 2 N–H and O–H groups in total. The van der Waals surface area contributed by atoms with E-state index in [9.17, 15) is 24.8 Å². The van der Waals surface area contributed by atoms with Crippen LogP contribution in [0.25, 0.3) is 0 Å². The van der Waals surface area contributed by atoms with Gasteiger partial charge in [0.05, 0.1) is 37.4 Å². The zero-order chi connectivity index (χ0) is 29.8. The maximum absolute atomic E-state index is 13.9. The van der Waals surface area contributed by atoms with E-state index in [0.717, 1.165) is 5.56 Å². The van der Waals surface area contributed by atoms with Crippen LogP contribution in [0.4, 0.5) is 5.69 Å². The molecular formula is C30H34N2O9. The first-order valence-electron chi connectivity index (χ1n) is 13.3. The first-order valence-corrected chi connectivity index (χ1v) is 13.3. The van der Waals surface area contributed by atoms with E-state index in [4.69, 9.17) is 18.9 Å². The number of hydrogen-bond acceptors (Lipinski definition) is 10. The Morgan fingerprint density at radius 2 is 1.83 bits per heavy atom. The van der Waals surface area contributed by atoms with Gasteiger partial charge < -0.3 is 29.4 Å². The van der Waals surface area contributed by atoms with E-state index < -0.39 is 28.2 Å². The molecule has 0 bridgehead atoms. The molecular weight excluding hydrogens is 532 g/mol. The molecule has 4 rings (SSSR count). The summed E-state index contributed by atoms with van der Waals surface area (Å²) >= 11 is 0. The number of para-hydroxylation sites is 1. The zero-order valence-electron chi connectivity index (χ0n) is 23.7. The molecule has 1 aliphatic carbocycles. The number of rotatable bonds is 10. The number of phenolic OH excluding ortho intramolecular Hbond substituents is 1. The number of allylic oxidation sites excluding steroid dienone is 3. The van der Waals surface area contributed by atoms with Crippen molar-refractivity contribution in [1.29, 1.82) is 0 Å². The standard InChI is InChI=1S/C30H34N2O9/c1-16(2)40-10-11-41-30(35)26-17(3)31-21-12-18(20-8-6-7-9-24(20)38-4)14-23(33)28(21)27(26)19-13-22(32(36)37)29(34)25(15-19)39-5/h6-9,13,15-16,18,27,31,34H,10-12,14H2,1-5H3/t18-,27-/m0/s1. The lowest BCUT2D eigenvalue weighted by atomic mass is 9.71. The molecule has 218 valence electrons. The number of nitro benzene ring substituents is 1. The van der Waals surface area contributed by atoms with Gasteiger partial charge in [-0.05, 0) is 50.5 Å². The number of phenols is 1. The highest BCUT2D eigenvalue weighted by Crippen LogP contribution is 2.49. The molecule has 0 unspecified atom stereocenters. The molecule has 0 saturated carbocycles. The monoisotopic (exact) mass is 566 g/mol. The fourth-order valence-electron chi connectivity index (χ4n) is 5.44.